The molecular weight excluding hydrogens is 388 g/mol. The maximum absolute atomic E-state index is 12.6. The SMILES string of the molecule is CCc1cccc(NC(=O)N2CCC(c3nc(-c4cccc(Cl)c4)no3)CC2)c1. The van der Waals surface area contributed by atoms with E-state index in [0.29, 0.717) is 29.8 Å². The van der Waals surface area contributed by atoms with Gasteiger partial charge in [-0.3, -0.25) is 0 Å². The number of urea groups is 1. The van der Waals surface area contributed by atoms with Crippen molar-refractivity contribution in [2.75, 3.05) is 18.4 Å². The standard InChI is InChI=1S/C22H23ClN4O2/c1-2-15-5-3-8-19(13-15)24-22(28)27-11-9-16(10-12-27)21-25-20(26-29-21)17-6-4-7-18(23)14-17/h3-8,13-14,16H,2,9-12H2,1H3,(H,24,28). The number of halogens is 1. The first kappa shape index (κ1) is 19.5. The first-order chi connectivity index (χ1) is 14.1. The molecule has 2 heterocycles. The number of rotatable bonds is 4. The molecule has 1 saturated heterocycles. The number of carbonyl (C=O) groups excluding carboxylic acids is 1. The maximum Gasteiger partial charge on any atom is 0.321 e. The van der Waals surface area contributed by atoms with Crippen LogP contribution in [0.25, 0.3) is 11.4 Å². The molecule has 29 heavy (non-hydrogen) atoms. The van der Waals surface area contributed by atoms with Crippen molar-refractivity contribution in [1.29, 1.82) is 0 Å². The van der Waals surface area contributed by atoms with Gasteiger partial charge in [-0.25, -0.2) is 4.79 Å². The number of likely N-dealkylation sites (tertiary alicyclic amines) is 1. The number of anilines is 1. The van der Waals surface area contributed by atoms with Gasteiger partial charge in [0.25, 0.3) is 0 Å². The van der Waals surface area contributed by atoms with Gasteiger partial charge in [-0.2, -0.15) is 4.98 Å². The number of hydrogen-bond acceptors (Lipinski definition) is 4. The number of amides is 2. The molecule has 1 fully saturated rings. The lowest BCUT2D eigenvalue weighted by molar-refractivity contribution is 0.187. The van der Waals surface area contributed by atoms with Gasteiger partial charge < -0.3 is 14.7 Å². The van der Waals surface area contributed by atoms with E-state index >= 15 is 0 Å². The van der Waals surface area contributed by atoms with Crippen molar-refractivity contribution in [3.8, 4) is 11.4 Å². The van der Waals surface area contributed by atoms with Crippen LogP contribution in [0.2, 0.25) is 5.02 Å². The van der Waals surface area contributed by atoms with Crippen molar-refractivity contribution >= 4 is 23.3 Å². The summed E-state index contributed by atoms with van der Waals surface area (Å²) in [6.07, 6.45) is 2.52. The minimum atomic E-state index is -0.0677. The Kier molecular flexibility index (Phi) is 5.81. The van der Waals surface area contributed by atoms with Gasteiger partial charge in [0.05, 0.1) is 0 Å². The third kappa shape index (κ3) is 4.59. The second-order valence-electron chi connectivity index (χ2n) is 7.21. The predicted octanol–water partition coefficient (Wildman–Crippen LogP) is 5.36. The normalized spacial score (nSPS) is 14.8. The molecule has 0 saturated carbocycles. The first-order valence-corrected chi connectivity index (χ1v) is 10.2. The third-order valence-electron chi connectivity index (χ3n) is 5.24. The minimum absolute atomic E-state index is 0.0677. The highest BCUT2D eigenvalue weighted by Crippen LogP contribution is 2.29. The van der Waals surface area contributed by atoms with Crippen LogP contribution in [-0.2, 0) is 6.42 Å². The molecular formula is C22H23ClN4O2. The summed E-state index contributed by atoms with van der Waals surface area (Å²) in [6, 6.07) is 15.3. The van der Waals surface area contributed by atoms with Gasteiger partial charge in [-0.1, -0.05) is 47.9 Å². The van der Waals surface area contributed by atoms with Gasteiger partial charge in [0, 0.05) is 35.3 Å². The zero-order chi connectivity index (χ0) is 20.2. The highest BCUT2D eigenvalue weighted by atomic mass is 35.5. The van der Waals surface area contributed by atoms with Gasteiger partial charge in [-0.05, 0) is 49.1 Å². The third-order valence-corrected chi connectivity index (χ3v) is 5.48. The van der Waals surface area contributed by atoms with E-state index < -0.39 is 0 Å². The molecule has 2 aromatic carbocycles. The second-order valence-corrected chi connectivity index (χ2v) is 7.65. The van der Waals surface area contributed by atoms with E-state index in [1.807, 2.05) is 47.4 Å². The summed E-state index contributed by atoms with van der Waals surface area (Å²) in [7, 11) is 0. The molecule has 4 rings (SSSR count). The molecule has 0 atom stereocenters. The van der Waals surface area contributed by atoms with Crippen molar-refractivity contribution in [1.82, 2.24) is 15.0 Å². The van der Waals surface area contributed by atoms with Crippen LogP contribution in [0.4, 0.5) is 10.5 Å². The van der Waals surface area contributed by atoms with Crippen LogP contribution in [0.3, 0.4) is 0 Å². The van der Waals surface area contributed by atoms with E-state index in [9.17, 15) is 4.79 Å². The molecule has 2 amide bonds. The van der Waals surface area contributed by atoms with Crippen molar-refractivity contribution in [3.63, 3.8) is 0 Å². The van der Waals surface area contributed by atoms with E-state index in [4.69, 9.17) is 16.1 Å². The van der Waals surface area contributed by atoms with Crippen LogP contribution in [-0.4, -0.2) is 34.2 Å². The Morgan fingerprint density at radius 1 is 1.21 bits per heavy atom. The van der Waals surface area contributed by atoms with Crippen LogP contribution in [0, 0.1) is 0 Å². The molecule has 150 valence electrons. The number of carbonyl (C=O) groups is 1. The number of hydrogen-bond donors (Lipinski definition) is 1. The quantitative estimate of drug-likeness (QED) is 0.628. The second kappa shape index (κ2) is 8.66. The largest absolute Gasteiger partial charge is 0.339 e. The Morgan fingerprint density at radius 3 is 2.76 bits per heavy atom. The Labute approximate surface area is 174 Å². The summed E-state index contributed by atoms with van der Waals surface area (Å²) < 4.78 is 5.49. The summed E-state index contributed by atoms with van der Waals surface area (Å²) in [5.74, 6) is 1.32. The molecule has 1 aliphatic rings. The van der Waals surface area contributed by atoms with Crippen LogP contribution >= 0.6 is 11.6 Å². The molecule has 0 spiro atoms. The number of nitrogens with zero attached hydrogens (tertiary/aromatic N) is 3. The van der Waals surface area contributed by atoms with Crippen molar-refractivity contribution in [3.05, 3.63) is 65.0 Å². The van der Waals surface area contributed by atoms with E-state index in [1.165, 1.54) is 5.56 Å². The van der Waals surface area contributed by atoms with Gasteiger partial charge in [0.15, 0.2) is 0 Å². The minimum Gasteiger partial charge on any atom is -0.339 e. The molecule has 0 unspecified atom stereocenters. The lowest BCUT2D eigenvalue weighted by atomic mass is 9.97. The lowest BCUT2D eigenvalue weighted by Gasteiger charge is -2.30. The Hall–Kier alpha value is -2.86. The summed E-state index contributed by atoms with van der Waals surface area (Å²) in [5.41, 5.74) is 2.87. The van der Waals surface area contributed by atoms with Crippen molar-refractivity contribution in [2.24, 2.45) is 0 Å². The molecule has 1 N–H and O–H groups in total. The average Bonchev–Trinajstić information content (AvgIpc) is 3.24. The van der Waals surface area contributed by atoms with Crippen molar-refractivity contribution < 1.29 is 9.32 Å². The zero-order valence-corrected chi connectivity index (χ0v) is 17.0. The topological polar surface area (TPSA) is 71.3 Å². The fraction of sp³-hybridized carbons (Fsp3) is 0.318. The fourth-order valence-corrected chi connectivity index (χ4v) is 3.74. The van der Waals surface area contributed by atoms with Gasteiger partial charge in [-0.15, -0.1) is 0 Å². The molecule has 3 aromatic rings. The van der Waals surface area contributed by atoms with Gasteiger partial charge in [0.1, 0.15) is 0 Å². The monoisotopic (exact) mass is 410 g/mol. The number of benzene rings is 2. The number of aromatic nitrogens is 2. The number of piperidine rings is 1. The van der Waals surface area contributed by atoms with Crippen molar-refractivity contribution in [2.45, 2.75) is 32.1 Å². The van der Waals surface area contributed by atoms with E-state index in [1.54, 1.807) is 0 Å². The molecule has 0 radical (unpaired) electrons. The number of nitrogens with one attached hydrogen (secondary N) is 1. The molecule has 6 nitrogen and oxygen atoms in total. The Bertz CT molecular complexity index is 996. The van der Waals surface area contributed by atoms with Crippen LogP contribution in [0.5, 0.6) is 0 Å². The molecule has 7 heteroatoms. The van der Waals surface area contributed by atoms with E-state index in [-0.39, 0.29) is 11.9 Å². The lowest BCUT2D eigenvalue weighted by Crippen LogP contribution is -2.40. The average molecular weight is 411 g/mol. The predicted molar refractivity (Wildman–Crippen MR) is 113 cm³/mol. The van der Waals surface area contributed by atoms with E-state index in [2.05, 4.69) is 28.4 Å². The Morgan fingerprint density at radius 2 is 2.00 bits per heavy atom. The zero-order valence-electron chi connectivity index (χ0n) is 16.3. The van der Waals surface area contributed by atoms with E-state index in [0.717, 1.165) is 30.5 Å². The summed E-state index contributed by atoms with van der Waals surface area (Å²) >= 11 is 6.04. The van der Waals surface area contributed by atoms with Crippen LogP contribution < -0.4 is 5.32 Å². The molecule has 0 aliphatic carbocycles. The fourth-order valence-electron chi connectivity index (χ4n) is 3.55. The summed E-state index contributed by atoms with van der Waals surface area (Å²) in [5, 5.41) is 7.72. The Balaban J connectivity index is 1.35. The molecule has 1 aliphatic heterocycles. The highest BCUT2D eigenvalue weighted by molar-refractivity contribution is 6.30. The van der Waals surface area contributed by atoms with Gasteiger partial charge in [0.2, 0.25) is 11.7 Å². The van der Waals surface area contributed by atoms with Gasteiger partial charge >= 0.3 is 6.03 Å². The summed E-state index contributed by atoms with van der Waals surface area (Å²) in [6.45, 7) is 3.40. The first-order valence-electron chi connectivity index (χ1n) is 9.87. The van der Waals surface area contributed by atoms with Crippen LogP contribution in [0.15, 0.2) is 53.1 Å². The maximum atomic E-state index is 12.6. The molecule has 1 aromatic heterocycles. The molecule has 0 bridgehead atoms. The number of aryl methyl sites for hydroxylation is 1. The smallest absolute Gasteiger partial charge is 0.321 e. The highest BCUT2D eigenvalue weighted by Gasteiger charge is 2.27. The summed E-state index contributed by atoms with van der Waals surface area (Å²) in [4.78, 5) is 19.0. The van der Waals surface area contributed by atoms with Crippen LogP contribution in [0.1, 0.15) is 37.1 Å².